The van der Waals surface area contributed by atoms with Crippen molar-refractivity contribution in [2.75, 3.05) is 5.32 Å². The minimum absolute atomic E-state index is 0.0171. The van der Waals surface area contributed by atoms with Crippen molar-refractivity contribution in [3.05, 3.63) is 63.2 Å². The van der Waals surface area contributed by atoms with Gasteiger partial charge in [-0.3, -0.25) is 4.79 Å². The SMILES string of the molecule is CC1CCc2c(sc3c2C(=O)NC(c2ccc(-c4ccccc4Cl)o2)N3)C1. The summed E-state index contributed by atoms with van der Waals surface area (Å²) in [6, 6.07) is 11.3. The average molecular weight is 399 g/mol. The number of nitrogens with one attached hydrogen (secondary N) is 2. The molecule has 4 nitrogen and oxygen atoms in total. The zero-order valence-corrected chi connectivity index (χ0v) is 16.4. The largest absolute Gasteiger partial charge is 0.457 e. The van der Waals surface area contributed by atoms with E-state index in [0.717, 1.165) is 35.4 Å². The molecule has 0 saturated carbocycles. The second-order valence-corrected chi connectivity index (χ2v) is 8.80. The van der Waals surface area contributed by atoms with Gasteiger partial charge in [0.2, 0.25) is 0 Å². The van der Waals surface area contributed by atoms with Gasteiger partial charge in [-0.05, 0) is 55.0 Å². The standard InChI is InChI=1S/C21H19ClN2O2S/c1-11-6-7-13-17(10-11)27-21-18(13)20(25)23-19(24-21)16-9-8-15(26-16)12-4-2-3-5-14(12)22/h2-5,8-9,11,19,24H,6-7,10H2,1H3,(H,23,25). The molecule has 2 aliphatic rings. The zero-order valence-electron chi connectivity index (χ0n) is 14.8. The van der Waals surface area contributed by atoms with Gasteiger partial charge in [0.25, 0.3) is 5.91 Å². The third kappa shape index (κ3) is 2.86. The Bertz CT molecular complexity index is 1040. The Labute approximate surface area is 166 Å². The predicted molar refractivity (Wildman–Crippen MR) is 108 cm³/mol. The Hall–Kier alpha value is -2.24. The topological polar surface area (TPSA) is 54.3 Å². The summed E-state index contributed by atoms with van der Waals surface area (Å²) in [5.74, 6) is 2.02. The number of amides is 1. The van der Waals surface area contributed by atoms with Crippen LogP contribution in [0, 0.1) is 5.92 Å². The van der Waals surface area contributed by atoms with Gasteiger partial charge in [-0.2, -0.15) is 0 Å². The number of benzene rings is 1. The van der Waals surface area contributed by atoms with Crippen LogP contribution in [-0.2, 0) is 12.8 Å². The van der Waals surface area contributed by atoms with Crippen molar-refractivity contribution >= 4 is 33.8 Å². The molecule has 5 rings (SSSR count). The first-order valence-corrected chi connectivity index (χ1v) is 10.4. The predicted octanol–water partition coefficient (Wildman–Crippen LogP) is 5.64. The van der Waals surface area contributed by atoms with Crippen molar-refractivity contribution in [2.45, 2.75) is 32.4 Å². The van der Waals surface area contributed by atoms with Crippen LogP contribution in [0.4, 0.5) is 5.00 Å². The van der Waals surface area contributed by atoms with Crippen LogP contribution in [0.5, 0.6) is 0 Å². The van der Waals surface area contributed by atoms with E-state index in [-0.39, 0.29) is 12.1 Å². The molecular weight excluding hydrogens is 380 g/mol. The first-order valence-electron chi connectivity index (χ1n) is 9.16. The maximum atomic E-state index is 12.8. The number of anilines is 1. The second kappa shape index (κ2) is 6.43. The highest BCUT2D eigenvalue weighted by Crippen LogP contribution is 2.43. The number of hydrogen-bond donors (Lipinski definition) is 2. The fourth-order valence-corrected chi connectivity index (χ4v) is 5.58. The fourth-order valence-electron chi connectivity index (χ4n) is 3.92. The van der Waals surface area contributed by atoms with Crippen LogP contribution in [0.3, 0.4) is 0 Å². The van der Waals surface area contributed by atoms with Gasteiger partial charge < -0.3 is 15.1 Å². The molecule has 2 atom stereocenters. The molecule has 0 radical (unpaired) electrons. The van der Waals surface area contributed by atoms with Crippen LogP contribution in [0.15, 0.2) is 40.8 Å². The minimum atomic E-state index is -0.376. The molecule has 138 valence electrons. The van der Waals surface area contributed by atoms with Gasteiger partial charge in [-0.15, -0.1) is 11.3 Å². The number of carbonyl (C=O) groups excluding carboxylic acids is 1. The molecule has 2 aromatic heterocycles. The summed E-state index contributed by atoms with van der Waals surface area (Å²) in [5, 5.41) is 8.10. The van der Waals surface area contributed by atoms with Crippen LogP contribution in [0.25, 0.3) is 11.3 Å². The molecule has 0 saturated heterocycles. The Morgan fingerprint density at radius 2 is 2.04 bits per heavy atom. The third-order valence-electron chi connectivity index (χ3n) is 5.34. The smallest absolute Gasteiger partial charge is 0.256 e. The molecule has 1 aliphatic heterocycles. The van der Waals surface area contributed by atoms with E-state index in [0.29, 0.717) is 22.5 Å². The fraction of sp³-hybridized carbons (Fsp3) is 0.286. The van der Waals surface area contributed by atoms with Gasteiger partial charge in [0.15, 0.2) is 6.17 Å². The third-order valence-corrected chi connectivity index (χ3v) is 6.86. The molecule has 0 spiro atoms. The van der Waals surface area contributed by atoms with Gasteiger partial charge >= 0.3 is 0 Å². The molecule has 1 amide bonds. The second-order valence-electron chi connectivity index (χ2n) is 7.29. The Morgan fingerprint density at radius 1 is 1.19 bits per heavy atom. The number of furan rings is 1. The number of thiophene rings is 1. The molecule has 3 heterocycles. The summed E-state index contributed by atoms with van der Waals surface area (Å²) in [6.07, 6.45) is 2.81. The molecule has 27 heavy (non-hydrogen) atoms. The van der Waals surface area contributed by atoms with E-state index in [2.05, 4.69) is 17.6 Å². The lowest BCUT2D eigenvalue weighted by Gasteiger charge is -2.25. The van der Waals surface area contributed by atoms with Gasteiger partial charge in [0, 0.05) is 10.4 Å². The van der Waals surface area contributed by atoms with Crippen LogP contribution < -0.4 is 10.6 Å². The summed E-state index contributed by atoms with van der Waals surface area (Å²) >= 11 is 7.98. The van der Waals surface area contributed by atoms with Crippen LogP contribution >= 0.6 is 22.9 Å². The number of halogens is 1. The summed E-state index contributed by atoms with van der Waals surface area (Å²) < 4.78 is 6.02. The molecule has 2 unspecified atom stereocenters. The molecular formula is C21H19ClN2O2S. The molecule has 2 N–H and O–H groups in total. The first-order chi connectivity index (χ1) is 13.1. The van der Waals surface area contributed by atoms with Crippen molar-refractivity contribution in [3.8, 4) is 11.3 Å². The van der Waals surface area contributed by atoms with Crippen molar-refractivity contribution in [1.82, 2.24) is 5.32 Å². The lowest BCUT2D eigenvalue weighted by Crippen LogP contribution is -2.38. The first kappa shape index (κ1) is 16.9. The van der Waals surface area contributed by atoms with E-state index in [9.17, 15) is 4.79 Å². The van der Waals surface area contributed by atoms with E-state index in [4.69, 9.17) is 16.0 Å². The Kier molecular flexibility index (Phi) is 4.02. The van der Waals surface area contributed by atoms with E-state index < -0.39 is 0 Å². The van der Waals surface area contributed by atoms with Crippen LogP contribution in [-0.4, -0.2) is 5.91 Å². The summed E-state index contributed by atoms with van der Waals surface area (Å²) in [5.41, 5.74) is 2.90. The highest BCUT2D eigenvalue weighted by Gasteiger charge is 2.34. The van der Waals surface area contributed by atoms with Crippen molar-refractivity contribution in [3.63, 3.8) is 0 Å². The maximum Gasteiger partial charge on any atom is 0.256 e. The van der Waals surface area contributed by atoms with Crippen LogP contribution in [0.1, 0.15) is 46.1 Å². The van der Waals surface area contributed by atoms with Crippen molar-refractivity contribution in [2.24, 2.45) is 5.92 Å². The van der Waals surface area contributed by atoms with Gasteiger partial charge in [-0.25, -0.2) is 0 Å². The number of fused-ring (bicyclic) bond motifs is 3. The summed E-state index contributed by atoms with van der Waals surface area (Å²) in [7, 11) is 0. The molecule has 0 bridgehead atoms. The zero-order chi connectivity index (χ0) is 18.5. The highest BCUT2D eigenvalue weighted by atomic mass is 35.5. The van der Waals surface area contributed by atoms with Gasteiger partial charge in [0.05, 0.1) is 10.6 Å². The molecule has 1 aliphatic carbocycles. The van der Waals surface area contributed by atoms with Gasteiger partial charge in [-0.1, -0.05) is 30.7 Å². The number of carbonyl (C=O) groups is 1. The van der Waals surface area contributed by atoms with Crippen LogP contribution in [0.2, 0.25) is 5.02 Å². The lowest BCUT2D eigenvalue weighted by atomic mass is 9.88. The van der Waals surface area contributed by atoms with E-state index in [1.54, 1.807) is 11.3 Å². The van der Waals surface area contributed by atoms with E-state index in [1.165, 1.54) is 10.4 Å². The van der Waals surface area contributed by atoms with Crippen molar-refractivity contribution in [1.29, 1.82) is 0 Å². The highest BCUT2D eigenvalue weighted by molar-refractivity contribution is 7.16. The van der Waals surface area contributed by atoms with E-state index >= 15 is 0 Å². The Balaban J connectivity index is 1.46. The average Bonchev–Trinajstić information content (AvgIpc) is 3.26. The lowest BCUT2D eigenvalue weighted by molar-refractivity contribution is 0.0930. The molecule has 0 fully saturated rings. The monoisotopic (exact) mass is 398 g/mol. The Morgan fingerprint density at radius 3 is 2.89 bits per heavy atom. The summed E-state index contributed by atoms with van der Waals surface area (Å²) in [6.45, 7) is 2.27. The molecule has 1 aromatic carbocycles. The molecule has 3 aromatic rings. The number of rotatable bonds is 2. The quantitative estimate of drug-likeness (QED) is 0.587. The normalized spacial score (nSPS) is 21.2. The van der Waals surface area contributed by atoms with E-state index in [1.807, 2.05) is 36.4 Å². The number of hydrogen-bond acceptors (Lipinski definition) is 4. The molecule has 6 heteroatoms. The minimum Gasteiger partial charge on any atom is -0.457 e. The maximum absolute atomic E-state index is 12.8. The van der Waals surface area contributed by atoms with Crippen molar-refractivity contribution < 1.29 is 9.21 Å². The summed E-state index contributed by atoms with van der Waals surface area (Å²) in [4.78, 5) is 14.2. The van der Waals surface area contributed by atoms with Gasteiger partial charge in [0.1, 0.15) is 16.5 Å².